The molecule has 1 amide bonds. The van der Waals surface area contributed by atoms with E-state index in [0.29, 0.717) is 43.3 Å². The fraction of sp³-hybridized carbons (Fsp3) is 0.250. The number of fused-ring (bicyclic) bond motifs is 1. The summed E-state index contributed by atoms with van der Waals surface area (Å²) >= 11 is 0. The van der Waals surface area contributed by atoms with Crippen molar-refractivity contribution in [2.45, 2.75) is 6.92 Å². The summed E-state index contributed by atoms with van der Waals surface area (Å²) in [4.78, 5) is 23.0. The van der Waals surface area contributed by atoms with E-state index in [0.717, 1.165) is 16.6 Å². The minimum Gasteiger partial charge on any atom is -0.506 e. The zero-order valence-corrected chi connectivity index (χ0v) is 15.0. The predicted octanol–water partition coefficient (Wildman–Crippen LogP) is 2.86. The number of aryl methyl sites for hydroxylation is 1. The maximum atomic E-state index is 12.5. The van der Waals surface area contributed by atoms with Crippen LogP contribution in [-0.4, -0.2) is 52.2 Å². The second-order valence-electron chi connectivity index (χ2n) is 6.46. The second-order valence-corrected chi connectivity index (χ2v) is 6.46. The number of benzene rings is 2. The number of rotatable bonds is 3. The number of anilines is 2. The molecule has 2 N–H and O–H groups in total. The zero-order chi connectivity index (χ0) is 18.8. The van der Waals surface area contributed by atoms with Gasteiger partial charge in [0.15, 0.2) is 0 Å². The Morgan fingerprint density at radius 3 is 2.63 bits per heavy atom. The molecule has 2 heterocycles. The monoisotopic (exact) mass is 364 g/mol. The minimum atomic E-state index is 0.00667. The van der Waals surface area contributed by atoms with Crippen molar-refractivity contribution < 1.29 is 14.6 Å². The molecule has 1 aliphatic rings. The summed E-state index contributed by atoms with van der Waals surface area (Å²) in [6.07, 6.45) is 1.69. The lowest BCUT2D eigenvalue weighted by Crippen LogP contribution is -2.40. The summed E-state index contributed by atoms with van der Waals surface area (Å²) in [6.45, 7) is 4.34. The fourth-order valence-corrected chi connectivity index (χ4v) is 3.07. The van der Waals surface area contributed by atoms with E-state index < -0.39 is 0 Å². The highest BCUT2D eigenvalue weighted by Crippen LogP contribution is 2.26. The van der Waals surface area contributed by atoms with Gasteiger partial charge in [-0.3, -0.25) is 4.79 Å². The van der Waals surface area contributed by atoms with Crippen molar-refractivity contribution in [2.75, 3.05) is 31.6 Å². The van der Waals surface area contributed by atoms with Gasteiger partial charge in [0.25, 0.3) is 5.91 Å². The molecule has 7 nitrogen and oxygen atoms in total. The standard InChI is InChI=1S/C20H20N4O3/c1-13-2-7-17(25)18-16(13)12-21-20(23-18)22-15-5-3-14(4-6-15)19(26)24-8-10-27-11-9-24/h2-7,12,25H,8-11H2,1H3,(H,21,22,23). The van der Waals surface area contributed by atoms with Crippen LogP contribution in [0.25, 0.3) is 10.9 Å². The molecular formula is C20H20N4O3. The van der Waals surface area contributed by atoms with E-state index in [2.05, 4.69) is 15.3 Å². The molecular weight excluding hydrogens is 344 g/mol. The normalized spacial score (nSPS) is 14.3. The van der Waals surface area contributed by atoms with Crippen LogP contribution >= 0.6 is 0 Å². The van der Waals surface area contributed by atoms with Crippen LogP contribution in [-0.2, 0) is 4.74 Å². The van der Waals surface area contributed by atoms with Crippen molar-refractivity contribution in [3.8, 4) is 5.75 Å². The fourth-order valence-electron chi connectivity index (χ4n) is 3.07. The van der Waals surface area contributed by atoms with Crippen molar-refractivity contribution in [3.05, 3.63) is 53.7 Å². The molecule has 1 aromatic heterocycles. The minimum absolute atomic E-state index is 0.00667. The van der Waals surface area contributed by atoms with Crippen LogP contribution in [0.2, 0.25) is 0 Å². The number of hydrogen-bond acceptors (Lipinski definition) is 6. The Balaban J connectivity index is 1.52. The van der Waals surface area contributed by atoms with E-state index in [1.807, 2.05) is 25.1 Å². The number of phenolic OH excluding ortho intramolecular Hbond substituents is 1. The van der Waals surface area contributed by atoms with Gasteiger partial charge in [0, 0.05) is 35.9 Å². The maximum Gasteiger partial charge on any atom is 0.254 e. The smallest absolute Gasteiger partial charge is 0.254 e. The van der Waals surface area contributed by atoms with Crippen molar-refractivity contribution in [1.29, 1.82) is 0 Å². The van der Waals surface area contributed by atoms with Gasteiger partial charge in [-0.05, 0) is 42.8 Å². The van der Waals surface area contributed by atoms with E-state index in [4.69, 9.17) is 4.74 Å². The first-order chi connectivity index (χ1) is 13.1. The average Bonchev–Trinajstić information content (AvgIpc) is 2.72. The Hall–Kier alpha value is -3.19. The second kappa shape index (κ2) is 7.20. The highest BCUT2D eigenvalue weighted by atomic mass is 16.5. The van der Waals surface area contributed by atoms with E-state index in [1.54, 1.807) is 29.3 Å². The Morgan fingerprint density at radius 2 is 1.89 bits per heavy atom. The Bertz CT molecular complexity index is 982. The van der Waals surface area contributed by atoms with Gasteiger partial charge in [-0.1, -0.05) is 6.07 Å². The topological polar surface area (TPSA) is 87.6 Å². The first-order valence-corrected chi connectivity index (χ1v) is 8.81. The number of aromatic hydroxyl groups is 1. The molecule has 1 saturated heterocycles. The third-order valence-corrected chi connectivity index (χ3v) is 4.63. The van der Waals surface area contributed by atoms with Gasteiger partial charge in [0.1, 0.15) is 11.3 Å². The molecule has 7 heteroatoms. The lowest BCUT2D eigenvalue weighted by atomic mass is 10.1. The molecule has 0 unspecified atom stereocenters. The number of carbonyl (C=O) groups is 1. The number of ether oxygens (including phenoxy) is 1. The van der Waals surface area contributed by atoms with Crippen molar-refractivity contribution >= 4 is 28.4 Å². The van der Waals surface area contributed by atoms with Crippen LogP contribution in [0.5, 0.6) is 5.75 Å². The highest BCUT2D eigenvalue weighted by Gasteiger charge is 2.18. The van der Waals surface area contributed by atoms with Crippen LogP contribution in [0.3, 0.4) is 0 Å². The Kier molecular flexibility index (Phi) is 4.60. The van der Waals surface area contributed by atoms with Gasteiger partial charge < -0.3 is 20.1 Å². The number of morpholine rings is 1. The number of aromatic nitrogens is 2. The SMILES string of the molecule is Cc1ccc(O)c2nc(Nc3ccc(C(=O)N4CCOCC4)cc3)ncc12. The quantitative estimate of drug-likeness (QED) is 0.743. The molecule has 1 aliphatic heterocycles. The van der Waals surface area contributed by atoms with E-state index >= 15 is 0 Å². The summed E-state index contributed by atoms with van der Waals surface area (Å²) in [6, 6.07) is 10.7. The first-order valence-electron chi connectivity index (χ1n) is 8.81. The number of hydrogen-bond donors (Lipinski definition) is 2. The van der Waals surface area contributed by atoms with Gasteiger partial charge in [0.05, 0.1) is 13.2 Å². The summed E-state index contributed by atoms with van der Waals surface area (Å²) in [7, 11) is 0. The number of phenols is 1. The van der Waals surface area contributed by atoms with Crippen LogP contribution < -0.4 is 5.32 Å². The Morgan fingerprint density at radius 1 is 1.15 bits per heavy atom. The molecule has 0 spiro atoms. The van der Waals surface area contributed by atoms with E-state index in [1.165, 1.54) is 0 Å². The number of amides is 1. The van der Waals surface area contributed by atoms with Gasteiger partial charge in [-0.2, -0.15) is 0 Å². The summed E-state index contributed by atoms with van der Waals surface area (Å²) < 4.78 is 5.28. The number of nitrogens with zero attached hydrogens (tertiary/aromatic N) is 3. The van der Waals surface area contributed by atoms with Gasteiger partial charge in [-0.15, -0.1) is 0 Å². The third kappa shape index (κ3) is 3.54. The first kappa shape index (κ1) is 17.2. The largest absolute Gasteiger partial charge is 0.506 e. The number of nitrogens with one attached hydrogen (secondary N) is 1. The van der Waals surface area contributed by atoms with Crippen molar-refractivity contribution in [2.24, 2.45) is 0 Å². The van der Waals surface area contributed by atoms with E-state index in [-0.39, 0.29) is 11.7 Å². The molecule has 4 rings (SSSR count). The molecule has 1 fully saturated rings. The molecule has 0 radical (unpaired) electrons. The molecule has 2 aromatic carbocycles. The van der Waals surface area contributed by atoms with Crippen LogP contribution in [0, 0.1) is 6.92 Å². The van der Waals surface area contributed by atoms with Gasteiger partial charge in [0.2, 0.25) is 5.95 Å². The Labute approximate surface area is 156 Å². The van der Waals surface area contributed by atoms with Crippen LogP contribution in [0.1, 0.15) is 15.9 Å². The molecule has 138 valence electrons. The lowest BCUT2D eigenvalue weighted by molar-refractivity contribution is 0.0303. The molecule has 0 saturated carbocycles. The molecule has 0 bridgehead atoms. The highest BCUT2D eigenvalue weighted by molar-refractivity contribution is 5.94. The molecule has 0 aliphatic carbocycles. The van der Waals surface area contributed by atoms with Crippen molar-refractivity contribution in [1.82, 2.24) is 14.9 Å². The van der Waals surface area contributed by atoms with Crippen molar-refractivity contribution in [3.63, 3.8) is 0 Å². The van der Waals surface area contributed by atoms with E-state index in [9.17, 15) is 9.90 Å². The lowest BCUT2D eigenvalue weighted by Gasteiger charge is -2.26. The maximum absolute atomic E-state index is 12.5. The summed E-state index contributed by atoms with van der Waals surface area (Å²) in [5, 5.41) is 14.0. The van der Waals surface area contributed by atoms with Gasteiger partial charge >= 0.3 is 0 Å². The molecule has 27 heavy (non-hydrogen) atoms. The summed E-state index contributed by atoms with van der Waals surface area (Å²) in [5.41, 5.74) is 2.90. The summed E-state index contributed by atoms with van der Waals surface area (Å²) in [5.74, 6) is 0.510. The molecule has 3 aromatic rings. The third-order valence-electron chi connectivity index (χ3n) is 4.63. The number of carbonyl (C=O) groups excluding carboxylic acids is 1. The average molecular weight is 364 g/mol. The van der Waals surface area contributed by atoms with Crippen LogP contribution in [0.15, 0.2) is 42.6 Å². The zero-order valence-electron chi connectivity index (χ0n) is 15.0. The van der Waals surface area contributed by atoms with Crippen LogP contribution in [0.4, 0.5) is 11.6 Å². The predicted molar refractivity (Wildman–Crippen MR) is 102 cm³/mol. The van der Waals surface area contributed by atoms with Gasteiger partial charge in [-0.25, -0.2) is 9.97 Å². The molecule has 0 atom stereocenters.